The maximum atomic E-state index is 13.0. The van der Waals surface area contributed by atoms with Gasteiger partial charge in [0.2, 0.25) is 0 Å². The summed E-state index contributed by atoms with van der Waals surface area (Å²) in [7, 11) is 0. The maximum Gasteiger partial charge on any atom is 0.251 e. The van der Waals surface area contributed by atoms with Crippen molar-refractivity contribution in [3.63, 3.8) is 0 Å². The van der Waals surface area contributed by atoms with Gasteiger partial charge in [-0.05, 0) is 82.5 Å². The summed E-state index contributed by atoms with van der Waals surface area (Å²) in [5.41, 5.74) is 2.64. The van der Waals surface area contributed by atoms with Crippen LogP contribution in [0.5, 0.6) is 11.5 Å². The van der Waals surface area contributed by atoms with Gasteiger partial charge in [0.05, 0.1) is 16.7 Å². The second kappa shape index (κ2) is 10.3. The lowest BCUT2D eigenvalue weighted by molar-refractivity contribution is 0.0873. The number of carbonyl (C=O) groups excluding carboxylic acids is 1. The van der Waals surface area contributed by atoms with E-state index >= 15 is 0 Å². The normalized spacial score (nSPS) is 16.3. The highest BCUT2D eigenvalue weighted by atomic mass is 35.5. The van der Waals surface area contributed by atoms with E-state index in [-0.39, 0.29) is 28.0 Å². The number of piperidine rings is 1. The first-order valence-corrected chi connectivity index (χ1v) is 12.5. The molecule has 0 bridgehead atoms. The summed E-state index contributed by atoms with van der Waals surface area (Å²) in [6.45, 7) is 8.56. The number of nitriles is 2. The number of hydrogen-bond donors (Lipinski definition) is 2. The van der Waals surface area contributed by atoms with Gasteiger partial charge < -0.3 is 15.4 Å². The number of rotatable bonds is 5. The smallest absolute Gasteiger partial charge is 0.251 e. The van der Waals surface area contributed by atoms with Crippen LogP contribution in [0.3, 0.4) is 0 Å². The van der Waals surface area contributed by atoms with Crippen LogP contribution in [0.4, 0.5) is 0 Å². The Morgan fingerprint density at radius 3 is 2.24 bits per heavy atom. The largest absolute Gasteiger partial charge is 0.454 e. The fourth-order valence-corrected chi connectivity index (χ4v) is 5.45. The van der Waals surface area contributed by atoms with E-state index in [2.05, 4.69) is 50.5 Å². The molecule has 6 nitrogen and oxygen atoms in total. The molecule has 2 N–H and O–H groups in total. The third-order valence-corrected chi connectivity index (χ3v) is 6.70. The van der Waals surface area contributed by atoms with E-state index in [0.29, 0.717) is 33.8 Å². The summed E-state index contributed by atoms with van der Waals surface area (Å²) in [4.78, 5) is 13.0. The van der Waals surface area contributed by atoms with Crippen molar-refractivity contribution in [2.75, 3.05) is 0 Å². The average Bonchev–Trinajstić information content (AvgIpc) is 2.83. The van der Waals surface area contributed by atoms with Gasteiger partial charge in [0.25, 0.3) is 5.91 Å². The van der Waals surface area contributed by atoms with E-state index in [4.69, 9.17) is 21.6 Å². The molecule has 37 heavy (non-hydrogen) atoms. The molecule has 3 aromatic rings. The first-order valence-electron chi connectivity index (χ1n) is 12.1. The summed E-state index contributed by atoms with van der Waals surface area (Å²) in [5, 5.41) is 26.0. The number of amides is 1. The van der Waals surface area contributed by atoms with Gasteiger partial charge in [0, 0.05) is 28.2 Å². The van der Waals surface area contributed by atoms with Crippen LogP contribution >= 0.6 is 11.6 Å². The van der Waals surface area contributed by atoms with Crippen LogP contribution in [0.15, 0.2) is 60.7 Å². The van der Waals surface area contributed by atoms with Gasteiger partial charge in [-0.25, -0.2) is 0 Å². The zero-order valence-corrected chi connectivity index (χ0v) is 22.1. The maximum absolute atomic E-state index is 13.0. The van der Waals surface area contributed by atoms with E-state index in [1.54, 1.807) is 54.6 Å². The number of hydrogen-bond acceptors (Lipinski definition) is 5. The number of halogens is 1. The first kappa shape index (κ1) is 26.2. The molecule has 0 aliphatic carbocycles. The van der Waals surface area contributed by atoms with Crippen molar-refractivity contribution in [1.29, 1.82) is 10.5 Å². The zero-order chi connectivity index (χ0) is 26.8. The number of ether oxygens (including phenoxy) is 1. The van der Waals surface area contributed by atoms with Crippen molar-refractivity contribution in [2.24, 2.45) is 0 Å². The van der Waals surface area contributed by atoms with Crippen LogP contribution in [-0.4, -0.2) is 23.0 Å². The van der Waals surface area contributed by atoms with Crippen molar-refractivity contribution >= 4 is 17.5 Å². The van der Waals surface area contributed by atoms with E-state index in [1.165, 1.54) is 0 Å². The second-order valence-corrected chi connectivity index (χ2v) is 11.1. The van der Waals surface area contributed by atoms with Crippen molar-refractivity contribution in [2.45, 2.75) is 57.7 Å². The molecule has 1 saturated heterocycles. The molecule has 4 rings (SSSR count). The molecule has 1 amide bonds. The Labute approximate surface area is 222 Å². The third kappa shape index (κ3) is 6.12. The summed E-state index contributed by atoms with van der Waals surface area (Å²) < 4.78 is 6.03. The van der Waals surface area contributed by atoms with E-state index < -0.39 is 0 Å². The SMILES string of the molecule is CC1(C)CC(NC(=O)c2ccc(Oc3cccc(-c4ccc(C#N)cc4)c3C#N)c(Cl)c2)CC(C)(C)N1. The Kier molecular flexibility index (Phi) is 7.28. The van der Waals surface area contributed by atoms with Crippen molar-refractivity contribution < 1.29 is 9.53 Å². The van der Waals surface area contributed by atoms with Gasteiger partial charge >= 0.3 is 0 Å². The molecule has 1 aliphatic heterocycles. The third-order valence-electron chi connectivity index (χ3n) is 6.40. The number of benzene rings is 3. The summed E-state index contributed by atoms with van der Waals surface area (Å²) in [6, 6.07) is 21.6. The molecule has 1 fully saturated rings. The van der Waals surface area contributed by atoms with Crippen LogP contribution in [0, 0.1) is 22.7 Å². The van der Waals surface area contributed by atoms with Crippen molar-refractivity contribution in [1.82, 2.24) is 10.6 Å². The molecular formula is C30H29ClN4O2. The molecule has 0 aromatic heterocycles. The molecular weight excluding hydrogens is 484 g/mol. The predicted molar refractivity (Wildman–Crippen MR) is 145 cm³/mol. The van der Waals surface area contributed by atoms with Gasteiger partial charge in [-0.3, -0.25) is 4.79 Å². The van der Waals surface area contributed by atoms with E-state index in [0.717, 1.165) is 18.4 Å². The molecule has 0 saturated carbocycles. The quantitative estimate of drug-likeness (QED) is 0.402. The Bertz CT molecular complexity index is 1400. The molecule has 0 atom stereocenters. The molecule has 1 heterocycles. The monoisotopic (exact) mass is 512 g/mol. The van der Waals surface area contributed by atoms with Crippen LogP contribution in [0.1, 0.15) is 62.0 Å². The molecule has 1 aliphatic rings. The number of nitrogens with zero attached hydrogens (tertiary/aromatic N) is 2. The summed E-state index contributed by atoms with van der Waals surface area (Å²) >= 11 is 6.51. The molecule has 7 heteroatoms. The Morgan fingerprint density at radius 2 is 1.65 bits per heavy atom. The van der Waals surface area contributed by atoms with Crippen molar-refractivity contribution in [3.8, 4) is 34.8 Å². The van der Waals surface area contributed by atoms with E-state index in [9.17, 15) is 10.1 Å². The van der Waals surface area contributed by atoms with Gasteiger partial charge in [-0.1, -0.05) is 35.9 Å². The highest BCUT2D eigenvalue weighted by molar-refractivity contribution is 6.32. The highest BCUT2D eigenvalue weighted by Crippen LogP contribution is 2.36. The lowest BCUT2D eigenvalue weighted by Gasteiger charge is -2.46. The summed E-state index contributed by atoms with van der Waals surface area (Å²) in [6.07, 6.45) is 1.65. The van der Waals surface area contributed by atoms with Crippen LogP contribution in [0.2, 0.25) is 5.02 Å². The van der Waals surface area contributed by atoms with E-state index in [1.807, 2.05) is 6.07 Å². The van der Waals surface area contributed by atoms with Crippen LogP contribution in [-0.2, 0) is 0 Å². The minimum Gasteiger partial charge on any atom is -0.454 e. The minimum absolute atomic E-state index is 0.0385. The topological polar surface area (TPSA) is 97.9 Å². The summed E-state index contributed by atoms with van der Waals surface area (Å²) in [5.74, 6) is 0.505. The van der Waals surface area contributed by atoms with Crippen LogP contribution < -0.4 is 15.4 Å². The lowest BCUT2D eigenvalue weighted by Crippen LogP contribution is -2.62. The average molecular weight is 513 g/mol. The predicted octanol–water partition coefficient (Wildman–Crippen LogP) is 6.58. The Hall–Kier alpha value is -3.84. The molecule has 0 unspecified atom stereocenters. The minimum atomic E-state index is -0.188. The fourth-order valence-electron chi connectivity index (χ4n) is 5.23. The lowest BCUT2D eigenvalue weighted by atomic mass is 9.79. The van der Waals surface area contributed by atoms with Crippen LogP contribution in [0.25, 0.3) is 11.1 Å². The Balaban J connectivity index is 1.53. The molecule has 3 aromatic carbocycles. The van der Waals surface area contributed by atoms with Gasteiger partial charge in [-0.15, -0.1) is 0 Å². The molecule has 0 spiro atoms. The van der Waals surface area contributed by atoms with Crippen molar-refractivity contribution in [3.05, 3.63) is 82.4 Å². The standard InChI is InChI=1S/C30H29ClN4O2/c1-29(2)15-22(16-30(3,4)35-29)34-28(36)21-12-13-27(25(31)14-21)37-26-7-5-6-23(24(26)18-33)20-10-8-19(17-32)9-11-20/h5-14,22,35H,15-16H2,1-4H3,(H,34,36). The fraction of sp³-hybridized carbons (Fsp3) is 0.300. The highest BCUT2D eigenvalue weighted by Gasteiger charge is 2.38. The van der Waals surface area contributed by atoms with Gasteiger partial charge in [0.15, 0.2) is 0 Å². The second-order valence-electron chi connectivity index (χ2n) is 10.7. The Morgan fingerprint density at radius 1 is 0.973 bits per heavy atom. The van der Waals surface area contributed by atoms with Gasteiger partial charge in [0.1, 0.15) is 23.1 Å². The number of nitrogens with one attached hydrogen (secondary N) is 2. The van der Waals surface area contributed by atoms with Gasteiger partial charge in [-0.2, -0.15) is 10.5 Å². The number of carbonyl (C=O) groups is 1. The first-order chi connectivity index (χ1) is 17.5. The molecule has 0 radical (unpaired) electrons. The zero-order valence-electron chi connectivity index (χ0n) is 21.4. The molecule has 188 valence electrons.